The number of halogens is 1. The Morgan fingerprint density at radius 1 is 0.923 bits per heavy atom. The van der Waals surface area contributed by atoms with Gasteiger partial charge in [-0.05, 0) is 22.6 Å². The highest BCUT2D eigenvalue weighted by atomic mass is 19.1. The zero-order valence-corrected chi connectivity index (χ0v) is 21.3. The minimum Gasteiger partial charge on any atom is -0.435 e. The predicted octanol–water partition coefficient (Wildman–Crippen LogP) is 4.96. The Morgan fingerprint density at radius 3 is 2.49 bits per heavy atom. The molecule has 0 spiro atoms. The second-order valence-corrected chi connectivity index (χ2v) is 10.0. The molecule has 0 unspecified atom stereocenters. The summed E-state index contributed by atoms with van der Waals surface area (Å²) in [6, 6.07) is 16.7. The Labute approximate surface area is 222 Å². The molecule has 0 saturated carbocycles. The standard InChI is InChI=1S/C28H22FN9O/c1-28(2,27-33-23-24(34-27)31-14-13-30-23)21-17-5-4-6-19(29)22(17)39-26-18(21)11-12-20(32-26)15-7-9-16(10-8-15)25-35-36-37-38(25)3/h4-14,21H,1-3H3,(H,30,31,33,34)/t21-/m0/s1. The van der Waals surface area contributed by atoms with Gasteiger partial charge in [0.05, 0.1) is 5.69 Å². The molecule has 1 atom stereocenters. The molecule has 10 nitrogen and oxygen atoms in total. The number of hydrogen-bond donors (Lipinski definition) is 1. The number of para-hydroxylation sites is 1. The molecular formula is C28H22FN9O. The van der Waals surface area contributed by atoms with E-state index in [1.807, 2.05) is 42.5 Å². The van der Waals surface area contributed by atoms with Crippen molar-refractivity contribution in [3.8, 4) is 34.3 Å². The van der Waals surface area contributed by atoms with E-state index in [-0.39, 0.29) is 11.7 Å². The molecule has 2 aromatic carbocycles. The molecule has 0 radical (unpaired) electrons. The molecule has 1 N–H and O–H groups in total. The molecule has 0 aliphatic carbocycles. The quantitative estimate of drug-likeness (QED) is 0.347. The van der Waals surface area contributed by atoms with Gasteiger partial charge in [0.15, 0.2) is 28.7 Å². The SMILES string of the molecule is Cn1nnnc1-c1ccc(-c2ccc3c(n2)Oc2c(F)cccc2[C@@H]3C(C)(C)c2nc3nccnc3[nH]2)cc1. The van der Waals surface area contributed by atoms with Crippen molar-refractivity contribution in [2.75, 3.05) is 0 Å². The lowest BCUT2D eigenvalue weighted by Gasteiger charge is -2.37. The molecule has 7 rings (SSSR count). The molecular weight excluding hydrogens is 497 g/mol. The fourth-order valence-electron chi connectivity index (χ4n) is 5.27. The minimum atomic E-state index is -0.613. The van der Waals surface area contributed by atoms with Crippen LogP contribution < -0.4 is 4.74 Å². The summed E-state index contributed by atoms with van der Waals surface area (Å²) in [5, 5.41) is 11.7. The van der Waals surface area contributed by atoms with Crippen LogP contribution in [0.25, 0.3) is 33.9 Å². The molecule has 0 amide bonds. The van der Waals surface area contributed by atoms with Gasteiger partial charge < -0.3 is 9.72 Å². The van der Waals surface area contributed by atoms with Crippen LogP contribution in [-0.4, -0.2) is 45.1 Å². The topological polar surface area (TPSA) is 120 Å². The predicted molar refractivity (Wildman–Crippen MR) is 140 cm³/mol. The first-order valence-electron chi connectivity index (χ1n) is 12.4. The van der Waals surface area contributed by atoms with Gasteiger partial charge in [-0.1, -0.05) is 56.3 Å². The monoisotopic (exact) mass is 519 g/mol. The van der Waals surface area contributed by atoms with Crippen LogP contribution in [0.3, 0.4) is 0 Å². The van der Waals surface area contributed by atoms with Crippen molar-refractivity contribution in [2.45, 2.75) is 25.2 Å². The Kier molecular flexibility index (Phi) is 5.02. The first-order valence-corrected chi connectivity index (χ1v) is 12.4. The third kappa shape index (κ3) is 3.65. The van der Waals surface area contributed by atoms with E-state index in [9.17, 15) is 0 Å². The number of aromatic amines is 1. The highest BCUT2D eigenvalue weighted by Crippen LogP contribution is 2.52. The average Bonchev–Trinajstić information content (AvgIpc) is 3.59. The van der Waals surface area contributed by atoms with Crippen LogP contribution in [0.5, 0.6) is 11.6 Å². The number of benzene rings is 2. The molecule has 4 aromatic heterocycles. The summed E-state index contributed by atoms with van der Waals surface area (Å²) in [4.78, 5) is 21.6. The van der Waals surface area contributed by atoms with E-state index in [2.05, 4.69) is 44.3 Å². The summed E-state index contributed by atoms with van der Waals surface area (Å²) in [5.41, 5.74) is 4.54. The Morgan fingerprint density at radius 2 is 1.72 bits per heavy atom. The van der Waals surface area contributed by atoms with Gasteiger partial charge in [-0.3, -0.25) is 0 Å². The third-order valence-electron chi connectivity index (χ3n) is 7.23. The highest BCUT2D eigenvalue weighted by molar-refractivity contribution is 5.68. The number of rotatable bonds is 4. The van der Waals surface area contributed by atoms with Crippen LogP contribution in [0.15, 0.2) is 67.0 Å². The summed E-state index contributed by atoms with van der Waals surface area (Å²) in [6.45, 7) is 4.13. The third-order valence-corrected chi connectivity index (χ3v) is 7.23. The lowest BCUT2D eigenvalue weighted by molar-refractivity contribution is 0.353. The molecule has 0 saturated heterocycles. The summed E-state index contributed by atoms with van der Waals surface area (Å²) >= 11 is 0. The second kappa shape index (κ2) is 8.48. The van der Waals surface area contributed by atoms with Gasteiger partial charge >= 0.3 is 0 Å². The number of aryl methyl sites for hydroxylation is 1. The number of tetrazole rings is 1. The van der Waals surface area contributed by atoms with E-state index in [1.165, 1.54) is 6.07 Å². The maximum absolute atomic E-state index is 15.1. The number of nitrogens with one attached hydrogen (secondary N) is 1. The molecule has 11 heteroatoms. The number of imidazole rings is 1. The first kappa shape index (κ1) is 23.1. The average molecular weight is 520 g/mol. The Bertz CT molecular complexity index is 1830. The van der Waals surface area contributed by atoms with E-state index in [0.717, 1.165) is 22.3 Å². The highest BCUT2D eigenvalue weighted by Gasteiger charge is 2.43. The fraction of sp³-hybridized carbons (Fsp3) is 0.179. The molecule has 0 bridgehead atoms. The van der Waals surface area contributed by atoms with Gasteiger partial charge in [-0.2, -0.15) is 0 Å². The van der Waals surface area contributed by atoms with Crippen LogP contribution >= 0.6 is 0 Å². The van der Waals surface area contributed by atoms with Gasteiger partial charge in [-0.25, -0.2) is 29.0 Å². The normalized spacial score (nSPS) is 14.6. The zero-order chi connectivity index (χ0) is 26.7. The fourth-order valence-corrected chi connectivity index (χ4v) is 5.27. The molecule has 39 heavy (non-hydrogen) atoms. The van der Waals surface area contributed by atoms with Crippen molar-refractivity contribution in [3.63, 3.8) is 0 Å². The number of aromatic nitrogens is 9. The van der Waals surface area contributed by atoms with Gasteiger partial charge in [0.25, 0.3) is 0 Å². The molecule has 5 heterocycles. The Hall–Kier alpha value is -5.06. The van der Waals surface area contributed by atoms with Gasteiger partial charge in [0, 0.05) is 53.0 Å². The summed E-state index contributed by atoms with van der Waals surface area (Å²) in [7, 11) is 1.79. The number of ether oxygens (including phenoxy) is 1. The number of pyridine rings is 1. The Balaban J connectivity index is 1.33. The molecule has 0 fully saturated rings. The van der Waals surface area contributed by atoms with Crippen molar-refractivity contribution in [3.05, 3.63) is 89.8 Å². The largest absolute Gasteiger partial charge is 0.435 e. The molecule has 6 aromatic rings. The minimum absolute atomic E-state index is 0.171. The maximum Gasteiger partial charge on any atom is 0.223 e. The van der Waals surface area contributed by atoms with Crippen LogP contribution in [0.1, 0.15) is 36.7 Å². The van der Waals surface area contributed by atoms with Crippen LogP contribution in [0, 0.1) is 5.82 Å². The van der Waals surface area contributed by atoms with Gasteiger partial charge in [0.1, 0.15) is 5.82 Å². The van der Waals surface area contributed by atoms with E-state index in [4.69, 9.17) is 14.7 Å². The van der Waals surface area contributed by atoms with Crippen molar-refractivity contribution >= 4 is 11.3 Å². The zero-order valence-electron chi connectivity index (χ0n) is 21.3. The van der Waals surface area contributed by atoms with Crippen LogP contribution in [0.4, 0.5) is 4.39 Å². The number of fused-ring (bicyclic) bond motifs is 3. The molecule has 1 aliphatic heterocycles. The van der Waals surface area contributed by atoms with Crippen molar-refractivity contribution < 1.29 is 9.13 Å². The van der Waals surface area contributed by atoms with Gasteiger partial charge in [-0.15, -0.1) is 5.10 Å². The van der Waals surface area contributed by atoms with Crippen molar-refractivity contribution in [1.29, 1.82) is 0 Å². The van der Waals surface area contributed by atoms with Crippen LogP contribution in [0.2, 0.25) is 0 Å². The molecule has 1 aliphatic rings. The van der Waals surface area contributed by atoms with Crippen molar-refractivity contribution in [1.82, 2.24) is 45.1 Å². The lowest BCUT2D eigenvalue weighted by atomic mass is 9.69. The van der Waals surface area contributed by atoms with E-state index < -0.39 is 11.2 Å². The number of nitrogens with zero attached hydrogens (tertiary/aromatic N) is 8. The number of H-pyrrole nitrogens is 1. The van der Waals surface area contributed by atoms with Crippen LogP contribution in [-0.2, 0) is 12.5 Å². The van der Waals surface area contributed by atoms with E-state index >= 15 is 4.39 Å². The second-order valence-electron chi connectivity index (χ2n) is 10.0. The summed E-state index contributed by atoms with van der Waals surface area (Å²) in [6.07, 6.45) is 3.23. The van der Waals surface area contributed by atoms with Gasteiger partial charge in [0.2, 0.25) is 5.88 Å². The summed E-state index contributed by atoms with van der Waals surface area (Å²) < 4.78 is 22.8. The first-order chi connectivity index (χ1) is 18.9. The number of hydrogen-bond acceptors (Lipinski definition) is 8. The lowest BCUT2D eigenvalue weighted by Crippen LogP contribution is -2.32. The van der Waals surface area contributed by atoms with Crippen molar-refractivity contribution in [2.24, 2.45) is 7.05 Å². The molecule has 192 valence electrons. The maximum atomic E-state index is 15.1. The van der Waals surface area contributed by atoms with E-state index in [1.54, 1.807) is 30.2 Å². The van der Waals surface area contributed by atoms with E-state index in [0.29, 0.717) is 34.5 Å². The summed E-state index contributed by atoms with van der Waals surface area (Å²) in [5.74, 6) is 1.13. The smallest absolute Gasteiger partial charge is 0.223 e.